The van der Waals surface area contributed by atoms with Crippen LogP contribution in [-0.4, -0.2) is 56.2 Å². The zero-order valence-corrected chi connectivity index (χ0v) is 20.1. The molecule has 0 spiro atoms. The van der Waals surface area contributed by atoms with Crippen molar-refractivity contribution >= 4 is 35.8 Å². The van der Waals surface area contributed by atoms with E-state index < -0.39 is 12.8 Å². The van der Waals surface area contributed by atoms with Crippen LogP contribution in [0.5, 0.6) is 5.75 Å². The van der Waals surface area contributed by atoms with E-state index in [4.69, 9.17) is 4.74 Å². The normalized spacial score (nSPS) is 22.6. The van der Waals surface area contributed by atoms with Crippen LogP contribution in [0.1, 0.15) is 31.2 Å². The van der Waals surface area contributed by atoms with Crippen molar-refractivity contribution in [2.24, 2.45) is 16.8 Å². The quantitative estimate of drug-likeness (QED) is 0.308. The molecule has 2 bridgehead atoms. The molecule has 2 aliphatic carbocycles. The highest BCUT2D eigenvalue weighted by molar-refractivity contribution is 14.0. The zero-order valence-electron chi connectivity index (χ0n) is 17.7. The summed E-state index contributed by atoms with van der Waals surface area (Å²) < 4.78 is 41.5. The molecule has 3 unspecified atom stereocenters. The summed E-state index contributed by atoms with van der Waals surface area (Å²) in [5.74, 6) is 2.12. The molecule has 2 saturated carbocycles. The van der Waals surface area contributed by atoms with Crippen LogP contribution in [-0.2, 0) is 11.3 Å². The van der Waals surface area contributed by atoms with Gasteiger partial charge in [0.2, 0.25) is 5.91 Å². The van der Waals surface area contributed by atoms with Gasteiger partial charge in [-0.05, 0) is 48.8 Å². The van der Waals surface area contributed by atoms with E-state index in [1.165, 1.54) is 36.3 Å². The van der Waals surface area contributed by atoms with Crippen LogP contribution in [0.25, 0.3) is 0 Å². The summed E-state index contributed by atoms with van der Waals surface area (Å²) in [5, 5.41) is 6.58. The number of hydrogen-bond acceptors (Lipinski definition) is 3. The SMILES string of the molecule is CN(C)C(=O)CNC(=NCc1ccc(OCC(F)(F)F)cc1)NC1CC2CCC1C2.I. The third kappa shape index (κ3) is 8.04. The van der Waals surface area contributed by atoms with E-state index in [-0.39, 0.29) is 42.2 Å². The number of likely N-dealkylation sites (N-methyl/N-ethyl adjacent to an activating group) is 1. The lowest BCUT2D eigenvalue weighted by Gasteiger charge is -2.25. The minimum atomic E-state index is -4.36. The maximum Gasteiger partial charge on any atom is 0.422 e. The van der Waals surface area contributed by atoms with Crippen molar-refractivity contribution in [3.05, 3.63) is 29.8 Å². The number of nitrogens with zero attached hydrogens (tertiary/aromatic N) is 2. The lowest BCUT2D eigenvalue weighted by Crippen LogP contribution is -2.48. The van der Waals surface area contributed by atoms with Crippen molar-refractivity contribution in [3.63, 3.8) is 0 Å². The molecule has 0 saturated heterocycles. The molecule has 3 atom stereocenters. The molecule has 6 nitrogen and oxygen atoms in total. The van der Waals surface area contributed by atoms with Gasteiger partial charge in [-0.2, -0.15) is 13.2 Å². The Morgan fingerprint density at radius 2 is 1.90 bits per heavy atom. The van der Waals surface area contributed by atoms with Crippen molar-refractivity contribution in [3.8, 4) is 5.75 Å². The molecule has 0 radical (unpaired) electrons. The fraction of sp³-hybridized carbons (Fsp3) is 0.619. The summed E-state index contributed by atoms with van der Waals surface area (Å²) in [7, 11) is 3.40. The van der Waals surface area contributed by atoms with Crippen LogP contribution < -0.4 is 15.4 Å². The second kappa shape index (κ2) is 11.2. The lowest BCUT2D eigenvalue weighted by atomic mass is 9.95. The predicted molar refractivity (Wildman–Crippen MR) is 124 cm³/mol. The number of fused-ring (bicyclic) bond motifs is 2. The van der Waals surface area contributed by atoms with Crippen LogP contribution in [0, 0.1) is 11.8 Å². The number of hydrogen-bond donors (Lipinski definition) is 2. The number of ether oxygens (including phenoxy) is 1. The third-order valence-electron chi connectivity index (χ3n) is 5.71. The first kappa shape index (κ1) is 25.5. The van der Waals surface area contributed by atoms with Gasteiger partial charge in [0.1, 0.15) is 5.75 Å². The number of carbonyl (C=O) groups is 1. The van der Waals surface area contributed by atoms with Gasteiger partial charge < -0.3 is 20.3 Å². The fourth-order valence-electron chi connectivity index (χ4n) is 4.09. The van der Waals surface area contributed by atoms with Crippen molar-refractivity contribution < 1.29 is 22.7 Å². The van der Waals surface area contributed by atoms with E-state index in [9.17, 15) is 18.0 Å². The van der Waals surface area contributed by atoms with Gasteiger partial charge >= 0.3 is 6.18 Å². The summed E-state index contributed by atoms with van der Waals surface area (Å²) in [5.41, 5.74) is 0.835. The average molecular weight is 554 g/mol. The summed E-state index contributed by atoms with van der Waals surface area (Å²) in [6.07, 6.45) is 0.536. The first-order valence-corrected chi connectivity index (χ1v) is 10.2. The second-order valence-electron chi connectivity index (χ2n) is 8.28. The third-order valence-corrected chi connectivity index (χ3v) is 5.71. The van der Waals surface area contributed by atoms with E-state index >= 15 is 0 Å². The molecule has 1 amide bonds. The number of carbonyl (C=O) groups excluding carboxylic acids is 1. The summed E-state index contributed by atoms with van der Waals surface area (Å²) in [6, 6.07) is 6.75. The van der Waals surface area contributed by atoms with Gasteiger partial charge in [0.25, 0.3) is 0 Å². The number of halogens is 4. The minimum absolute atomic E-state index is 0. The Labute approximate surface area is 198 Å². The number of alkyl halides is 3. The van der Waals surface area contributed by atoms with Crippen molar-refractivity contribution in [1.29, 1.82) is 0 Å². The Bertz CT molecular complexity index is 756. The van der Waals surface area contributed by atoms with Crippen molar-refractivity contribution in [1.82, 2.24) is 15.5 Å². The first-order chi connectivity index (χ1) is 14.2. The topological polar surface area (TPSA) is 66.0 Å². The number of benzene rings is 1. The number of aliphatic imine (C=N–C) groups is 1. The van der Waals surface area contributed by atoms with Gasteiger partial charge in [-0.25, -0.2) is 4.99 Å². The van der Waals surface area contributed by atoms with Gasteiger partial charge in [-0.1, -0.05) is 18.6 Å². The Hall–Kier alpha value is -1.72. The zero-order chi connectivity index (χ0) is 21.7. The Balaban J connectivity index is 0.00000341. The maximum absolute atomic E-state index is 12.2. The smallest absolute Gasteiger partial charge is 0.422 e. The molecule has 174 valence electrons. The maximum atomic E-state index is 12.2. The Morgan fingerprint density at radius 3 is 2.45 bits per heavy atom. The molecule has 2 fully saturated rings. The summed E-state index contributed by atoms with van der Waals surface area (Å²) in [6.45, 7) is -0.832. The average Bonchev–Trinajstić information content (AvgIpc) is 3.31. The highest BCUT2D eigenvalue weighted by Gasteiger charge is 2.39. The van der Waals surface area contributed by atoms with Gasteiger partial charge in [-0.15, -0.1) is 24.0 Å². The van der Waals surface area contributed by atoms with Crippen LogP contribution in [0.2, 0.25) is 0 Å². The molecular weight excluding hydrogens is 524 g/mol. The summed E-state index contributed by atoms with van der Waals surface area (Å²) in [4.78, 5) is 18.0. The molecule has 31 heavy (non-hydrogen) atoms. The molecule has 0 heterocycles. The number of nitrogens with one attached hydrogen (secondary N) is 2. The standard InChI is InChI=1S/C21H29F3N4O2.HI/c1-28(2)19(29)12-26-20(27-18-10-15-3-6-16(18)9-15)25-11-14-4-7-17(8-5-14)30-13-21(22,23)24;/h4-5,7-8,15-16,18H,3,6,9-13H2,1-2H3,(H2,25,26,27);1H. The van der Waals surface area contributed by atoms with Crippen LogP contribution in [0.4, 0.5) is 13.2 Å². The van der Waals surface area contributed by atoms with Gasteiger partial charge in [0, 0.05) is 20.1 Å². The van der Waals surface area contributed by atoms with E-state index in [2.05, 4.69) is 15.6 Å². The van der Waals surface area contributed by atoms with Crippen molar-refractivity contribution in [2.75, 3.05) is 27.2 Å². The largest absolute Gasteiger partial charge is 0.484 e. The van der Waals surface area contributed by atoms with Gasteiger partial charge in [-0.3, -0.25) is 4.79 Å². The Morgan fingerprint density at radius 1 is 1.19 bits per heavy atom. The molecule has 2 N–H and O–H groups in total. The number of amides is 1. The minimum Gasteiger partial charge on any atom is -0.484 e. The van der Waals surface area contributed by atoms with Gasteiger partial charge in [0.05, 0.1) is 13.1 Å². The number of guanidine groups is 1. The molecule has 0 aliphatic heterocycles. The molecule has 10 heteroatoms. The van der Waals surface area contributed by atoms with E-state index in [1.54, 1.807) is 26.2 Å². The van der Waals surface area contributed by atoms with Crippen LogP contribution in [0.3, 0.4) is 0 Å². The monoisotopic (exact) mass is 554 g/mol. The molecular formula is C21H30F3IN4O2. The first-order valence-electron chi connectivity index (χ1n) is 10.2. The molecule has 3 rings (SSSR count). The number of rotatable bonds is 7. The summed E-state index contributed by atoms with van der Waals surface area (Å²) >= 11 is 0. The molecule has 2 aliphatic rings. The lowest BCUT2D eigenvalue weighted by molar-refractivity contribution is -0.153. The highest BCUT2D eigenvalue weighted by Crippen LogP contribution is 2.44. The fourth-order valence-corrected chi connectivity index (χ4v) is 4.09. The van der Waals surface area contributed by atoms with E-state index in [1.807, 2.05) is 0 Å². The second-order valence-corrected chi connectivity index (χ2v) is 8.28. The predicted octanol–water partition coefficient (Wildman–Crippen LogP) is 3.56. The molecule has 0 aromatic heterocycles. The van der Waals surface area contributed by atoms with Crippen molar-refractivity contribution in [2.45, 2.75) is 44.4 Å². The molecule has 1 aromatic rings. The van der Waals surface area contributed by atoms with Gasteiger partial charge in [0.15, 0.2) is 12.6 Å². The Kier molecular flexibility index (Phi) is 9.26. The molecule has 1 aromatic carbocycles. The van der Waals surface area contributed by atoms with E-state index in [0.717, 1.165) is 17.9 Å². The highest BCUT2D eigenvalue weighted by atomic mass is 127. The van der Waals surface area contributed by atoms with E-state index in [0.29, 0.717) is 24.5 Å². The van der Waals surface area contributed by atoms with Crippen LogP contribution in [0.15, 0.2) is 29.3 Å². The van der Waals surface area contributed by atoms with Crippen LogP contribution >= 0.6 is 24.0 Å².